The molecule has 2 aromatic carbocycles. The molecule has 2 heterocycles. The van der Waals surface area contributed by atoms with Gasteiger partial charge >= 0.3 is 0 Å². The number of halogens is 2. The summed E-state index contributed by atoms with van der Waals surface area (Å²) in [5, 5.41) is 33.3. The van der Waals surface area contributed by atoms with Crippen LogP contribution in [0.15, 0.2) is 47.8 Å². The van der Waals surface area contributed by atoms with Crippen molar-refractivity contribution in [2.45, 2.75) is 6.29 Å². The van der Waals surface area contributed by atoms with E-state index >= 15 is 0 Å². The number of aliphatic hydroxyl groups excluding tert-OH is 1. The molecule has 29 heavy (non-hydrogen) atoms. The van der Waals surface area contributed by atoms with Crippen LogP contribution >= 0.6 is 32.1 Å². The highest BCUT2D eigenvalue weighted by atomic mass is 127. The Kier molecular flexibility index (Phi) is 5.42. The molecule has 4 rings (SSSR count). The van der Waals surface area contributed by atoms with Gasteiger partial charge in [-0.3, -0.25) is 4.79 Å². The summed E-state index contributed by atoms with van der Waals surface area (Å²) >= 11 is 0.331. The second-order valence-corrected chi connectivity index (χ2v) is 9.49. The minimum Gasteiger partial charge on any atom is -0.444 e. The zero-order chi connectivity index (χ0) is 20.5. The van der Waals surface area contributed by atoms with Crippen molar-refractivity contribution in [2.24, 2.45) is 0 Å². The molecule has 1 aromatic heterocycles. The van der Waals surface area contributed by atoms with E-state index in [0.717, 1.165) is 21.0 Å². The van der Waals surface area contributed by atoms with E-state index < -0.39 is 38.7 Å². The number of anilines is 1. The van der Waals surface area contributed by atoms with Gasteiger partial charge in [0.15, 0.2) is 6.29 Å². The number of ether oxygens (including phenoxy) is 1. The molecule has 3 N–H and O–H groups in total. The molecule has 0 radical (unpaired) electrons. The van der Waals surface area contributed by atoms with Gasteiger partial charge in [0.1, 0.15) is 22.6 Å². The summed E-state index contributed by atoms with van der Waals surface area (Å²) in [4.78, 5) is 12.7. The van der Waals surface area contributed by atoms with Crippen LogP contribution in [0.5, 0.6) is 5.75 Å². The average molecular weight is 522 g/mol. The van der Waals surface area contributed by atoms with Crippen molar-refractivity contribution in [3.63, 3.8) is 0 Å². The molecular formula is C20H12FIN2O4S. The lowest BCUT2D eigenvalue weighted by Gasteiger charge is -2.11. The number of aliphatic hydroxyl groups is 2. The van der Waals surface area contributed by atoms with Gasteiger partial charge in [0.2, 0.25) is 3.69 Å². The molecule has 146 valence electrons. The first-order valence-electron chi connectivity index (χ1n) is 8.25. The maximum Gasteiger partial charge on any atom is 0.297 e. The molecule has 0 fully saturated rings. The van der Waals surface area contributed by atoms with Crippen LogP contribution in [0, 0.1) is 20.7 Å². The monoisotopic (exact) mass is 522 g/mol. The SMILES string of the molecule is N#Cc1cc(-c2csc(NC(=O)C3=Ic4ccccc4O3)c2C(O)O)ccc1F. The Labute approximate surface area is 178 Å². The van der Waals surface area contributed by atoms with Crippen molar-refractivity contribution in [3.05, 3.63) is 68.4 Å². The summed E-state index contributed by atoms with van der Waals surface area (Å²) in [5.41, 5.74) is 0.753. The fourth-order valence-corrected chi connectivity index (χ4v) is 5.97. The summed E-state index contributed by atoms with van der Waals surface area (Å²) in [7, 11) is 0. The van der Waals surface area contributed by atoms with E-state index in [4.69, 9.17) is 10.00 Å². The molecule has 1 aliphatic heterocycles. The first-order chi connectivity index (χ1) is 14.0. The average Bonchev–Trinajstić information content (AvgIpc) is 3.32. The normalized spacial score (nSPS) is 12.4. The van der Waals surface area contributed by atoms with E-state index in [2.05, 4.69) is 5.32 Å². The van der Waals surface area contributed by atoms with Crippen LogP contribution in [0.25, 0.3) is 11.1 Å². The number of nitrogens with zero attached hydrogens (tertiary/aromatic N) is 1. The maximum absolute atomic E-state index is 13.6. The highest BCUT2D eigenvalue weighted by Crippen LogP contribution is 2.40. The quantitative estimate of drug-likeness (QED) is 0.358. The highest BCUT2D eigenvalue weighted by molar-refractivity contribution is 14.2. The molecule has 9 heteroatoms. The second-order valence-electron chi connectivity index (χ2n) is 5.93. The number of thiophene rings is 1. The number of hydrogen-bond donors (Lipinski definition) is 3. The van der Waals surface area contributed by atoms with E-state index in [1.165, 1.54) is 12.1 Å². The van der Waals surface area contributed by atoms with Gasteiger partial charge < -0.3 is 20.3 Å². The van der Waals surface area contributed by atoms with Crippen LogP contribution in [0.4, 0.5) is 9.39 Å². The lowest BCUT2D eigenvalue weighted by atomic mass is 10.0. The van der Waals surface area contributed by atoms with Gasteiger partial charge in [0, 0.05) is 16.5 Å². The summed E-state index contributed by atoms with van der Waals surface area (Å²) in [6.45, 7) is 0. The van der Waals surface area contributed by atoms with Crippen LogP contribution in [0.1, 0.15) is 17.4 Å². The topological polar surface area (TPSA) is 103 Å². The first-order valence-corrected chi connectivity index (χ1v) is 11.3. The molecule has 0 atom stereocenters. The lowest BCUT2D eigenvalue weighted by Crippen LogP contribution is -2.24. The van der Waals surface area contributed by atoms with E-state index in [9.17, 15) is 19.4 Å². The summed E-state index contributed by atoms with van der Waals surface area (Å²) in [6, 6.07) is 13.1. The third-order valence-electron chi connectivity index (χ3n) is 4.11. The van der Waals surface area contributed by atoms with Gasteiger partial charge in [-0.1, -0.05) is 18.2 Å². The Morgan fingerprint density at radius 2 is 2.07 bits per heavy atom. The van der Waals surface area contributed by atoms with Crippen LogP contribution in [-0.2, 0) is 4.79 Å². The smallest absolute Gasteiger partial charge is 0.297 e. The molecule has 1 amide bonds. The molecule has 0 unspecified atom stereocenters. The minimum atomic E-state index is -1.87. The number of fused-ring (bicyclic) bond motifs is 1. The van der Waals surface area contributed by atoms with Crippen molar-refractivity contribution < 1.29 is 24.1 Å². The number of nitriles is 1. The molecular weight excluding hydrogens is 510 g/mol. The number of carbonyl (C=O) groups excluding carboxylic acids is 1. The van der Waals surface area contributed by atoms with E-state index in [-0.39, 0.29) is 16.1 Å². The zero-order valence-electron chi connectivity index (χ0n) is 14.5. The lowest BCUT2D eigenvalue weighted by molar-refractivity contribution is -0.110. The molecule has 0 saturated heterocycles. The van der Waals surface area contributed by atoms with Gasteiger partial charge in [0.25, 0.3) is 5.91 Å². The Morgan fingerprint density at radius 3 is 2.79 bits per heavy atom. The van der Waals surface area contributed by atoms with Gasteiger partial charge in [0.05, 0.1) is 9.13 Å². The third-order valence-corrected chi connectivity index (χ3v) is 7.70. The Balaban J connectivity index is 1.64. The van der Waals surface area contributed by atoms with Crippen LogP contribution in [0.3, 0.4) is 0 Å². The zero-order valence-corrected chi connectivity index (χ0v) is 17.5. The third kappa shape index (κ3) is 3.79. The second kappa shape index (κ2) is 8.00. The van der Waals surface area contributed by atoms with Crippen molar-refractivity contribution >= 4 is 46.7 Å². The number of nitrogens with one attached hydrogen (secondary N) is 1. The van der Waals surface area contributed by atoms with Crippen molar-refractivity contribution in [1.82, 2.24) is 0 Å². The number of para-hydroxylation sites is 1. The number of hydrogen-bond acceptors (Lipinski definition) is 6. The van der Waals surface area contributed by atoms with Crippen molar-refractivity contribution in [2.75, 3.05) is 5.32 Å². The summed E-state index contributed by atoms with van der Waals surface area (Å²) in [6.07, 6.45) is -1.87. The maximum atomic E-state index is 13.6. The van der Waals surface area contributed by atoms with Crippen molar-refractivity contribution in [1.29, 1.82) is 5.26 Å². The highest BCUT2D eigenvalue weighted by Gasteiger charge is 2.25. The molecule has 0 spiro atoms. The summed E-state index contributed by atoms with van der Waals surface area (Å²) in [5.74, 6) is -0.444. The number of rotatable bonds is 4. The van der Waals surface area contributed by atoms with E-state index in [1.54, 1.807) is 17.5 Å². The Hall–Kier alpha value is -2.65. The van der Waals surface area contributed by atoms with Gasteiger partial charge in [-0.15, -0.1) is 11.3 Å². The molecule has 0 bridgehead atoms. The largest absolute Gasteiger partial charge is 0.444 e. The predicted octanol–water partition coefficient (Wildman–Crippen LogP) is 3.71. The van der Waals surface area contributed by atoms with Gasteiger partial charge in [-0.2, -0.15) is 5.26 Å². The number of carbonyl (C=O) groups is 1. The molecule has 0 aliphatic carbocycles. The minimum absolute atomic E-state index is 0.0770. The van der Waals surface area contributed by atoms with Gasteiger partial charge in [-0.25, -0.2) is 4.39 Å². The van der Waals surface area contributed by atoms with Crippen LogP contribution in [0.2, 0.25) is 0 Å². The first kappa shape index (κ1) is 19.7. The van der Waals surface area contributed by atoms with Gasteiger partial charge in [-0.05, 0) is 50.6 Å². The molecule has 6 nitrogen and oxygen atoms in total. The summed E-state index contributed by atoms with van der Waals surface area (Å²) < 4.78 is 20.6. The number of amides is 1. The van der Waals surface area contributed by atoms with Crippen molar-refractivity contribution in [3.8, 4) is 22.9 Å². The van der Waals surface area contributed by atoms with E-state index in [1.807, 2.05) is 18.2 Å². The fraction of sp³-hybridized carbons (Fsp3) is 0.0500. The molecule has 1 aliphatic rings. The number of benzene rings is 2. The molecule has 3 aromatic rings. The molecule has 0 saturated carbocycles. The standard InChI is InChI=1S/C20H12FIN2O4S/c21-13-6-5-10(7-11(13)8-23)12-9-29-19(16(12)20(26)27)24-18(25)17-22-14-3-1-2-4-15(14)28-17/h1-7,9,20,26-27H,(H,24,25). The predicted molar refractivity (Wildman–Crippen MR) is 115 cm³/mol. The van der Waals surface area contributed by atoms with Crippen LogP contribution < -0.4 is 10.1 Å². The Morgan fingerprint density at radius 1 is 1.28 bits per heavy atom. The van der Waals surface area contributed by atoms with Crippen LogP contribution in [-0.4, -0.2) is 19.8 Å². The fourth-order valence-electron chi connectivity index (χ4n) is 2.78. The van der Waals surface area contributed by atoms with E-state index in [0.29, 0.717) is 20.6 Å². The Bertz CT molecular complexity index is 1200.